The van der Waals surface area contributed by atoms with Gasteiger partial charge in [-0.05, 0) is 43.9 Å². The summed E-state index contributed by atoms with van der Waals surface area (Å²) in [7, 11) is 0. The molecule has 1 fully saturated rings. The zero-order valence-corrected chi connectivity index (χ0v) is 12.4. The highest BCUT2D eigenvalue weighted by Crippen LogP contribution is 2.22. The van der Waals surface area contributed by atoms with Crippen molar-refractivity contribution in [3.05, 3.63) is 29.8 Å². The molecule has 3 N–H and O–H groups in total. The van der Waals surface area contributed by atoms with Gasteiger partial charge in [-0.1, -0.05) is 25.1 Å². The lowest BCUT2D eigenvalue weighted by atomic mass is 9.92. The summed E-state index contributed by atoms with van der Waals surface area (Å²) < 4.78 is 0. The van der Waals surface area contributed by atoms with E-state index in [-0.39, 0.29) is 5.91 Å². The Balaban J connectivity index is 1.95. The van der Waals surface area contributed by atoms with Crippen molar-refractivity contribution in [2.45, 2.75) is 39.3 Å². The summed E-state index contributed by atoms with van der Waals surface area (Å²) in [6, 6.07) is 8.18. The minimum atomic E-state index is 0.0480. The van der Waals surface area contributed by atoms with E-state index in [0.717, 1.165) is 17.8 Å². The molecule has 0 aromatic heterocycles. The van der Waals surface area contributed by atoms with Gasteiger partial charge in [-0.3, -0.25) is 9.69 Å². The largest absolute Gasteiger partial charge is 0.326 e. The predicted molar refractivity (Wildman–Crippen MR) is 82.4 cm³/mol. The molecule has 2 atom stereocenters. The number of nitrogens with zero attached hydrogens (tertiary/aromatic N) is 1. The van der Waals surface area contributed by atoms with E-state index in [1.54, 1.807) is 0 Å². The zero-order valence-electron chi connectivity index (χ0n) is 12.4. The maximum Gasteiger partial charge on any atom is 0.238 e. The molecule has 4 nitrogen and oxygen atoms in total. The number of carbonyl (C=O) groups is 1. The SMILES string of the molecule is CC1CCCN(CC(=O)Nc2ccccc2CN)C1C. The van der Waals surface area contributed by atoms with E-state index < -0.39 is 0 Å². The van der Waals surface area contributed by atoms with Crippen LogP contribution < -0.4 is 11.1 Å². The summed E-state index contributed by atoms with van der Waals surface area (Å²) in [6.45, 7) is 6.39. The fourth-order valence-electron chi connectivity index (χ4n) is 2.84. The molecule has 1 aromatic carbocycles. The number of anilines is 1. The van der Waals surface area contributed by atoms with E-state index >= 15 is 0 Å². The van der Waals surface area contributed by atoms with Gasteiger partial charge in [0.05, 0.1) is 6.54 Å². The van der Waals surface area contributed by atoms with Crippen LogP contribution in [0.5, 0.6) is 0 Å². The van der Waals surface area contributed by atoms with Gasteiger partial charge in [0.15, 0.2) is 0 Å². The first-order chi connectivity index (χ1) is 9.61. The Morgan fingerprint density at radius 1 is 1.40 bits per heavy atom. The second-order valence-electron chi connectivity index (χ2n) is 5.74. The summed E-state index contributed by atoms with van der Waals surface area (Å²) >= 11 is 0. The predicted octanol–water partition coefficient (Wildman–Crippen LogP) is 2.20. The van der Waals surface area contributed by atoms with Gasteiger partial charge in [0.1, 0.15) is 0 Å². The number of piperidine rings is 1. The fourth-order valence-corrected chi connectivity index (χ4v) is 2.84. The van der Waals surface area contributed by atoms with Crippen molar-refractivity contribution in [2.24, 2.45) is 11.7 Å². The Kier molecular flexibility index (Phi) is 5.15. The molecule has 1 amide bonds. The number of carbonyl (C=O) groups excluding carboxylic acids is 1. The third-order valence-corrected chi connectivity index (χ3v) is 4.36. The number of likely N-dealkylation sites (tertiary alicyclic amines) is 1. The summed E-state index contributed by atoms with van der Waals surface area (Å²) in [5.41, 5.74) is 7.49. The molecular weight excluding hydrogens is 250 g/mol. The van der Waals surface area contributed by atoms with Gasteiger partial charge in [-0.25, -0.2) is 0 Å². The van der Waals surface area contributed by atoms with Gasteiger partial charge in [0, 0.05) is 18.3 Å². The van der Waals surface area contributed by atoms with Crippen molar-refractivity contribution < 1.29 is 4.79 Å². The number of hydrogen-bond donors (Lipinski definition) is 2. The lowest BCUT2D eigenvalue weighted by Gasteiger charge is -2.37. The normalized spacial score (nSPS) is 23.6. The summed E-state index contributed by atoms with van der Waals surface area (Å²) in [4.78, 5) is 14.5. The number of hydrogen-bond acceptors (Lipinski definition) is 3. The van der Waals surface area contributed by atoms with E-state index in [1.165, 1.54) is 12.8 Å². The lowest BCUT2D eigenvalue weighted by Crippen LogP contribution is -2.46. The molecule has 110 valence electrons. The smallest absolute Gasteiger partial charge is 0.238 e. The Morgan fingerprint density at radius 2 is 2.15 bits per heavy atom. The molecule has 2 rings (SSSR count). The molecule has 2 unspecified atom stereocenters. The highest BCUT2D eigenvalue weighted by molar-refractivity contribution is 5.93. The molecule has 0 aliphatic carbocycles. The molecule has 0 bridgehead atoms. The Labute approximate surface area is 121 Å². The molecule has 0 spiro atoms. The molecule has 1 heterocycles. The number of nitrogens with one attached hydrogen (secondary N) is 1. The molecule has 0 radical (unpaired) electrons. The Bertz CT molecular complexity index is 461. The molecule has 1 saturated heterocycles. The first kappa shape index (κ1) is 15.0. The van der Waals surface area contributed by atoms with Crippen LogP contribution in [-0.4, -0.2) is 29.9 Å². The van der Waals surface area contributed by atoms with Crippen LogP contribution in [0.1, 0.15) is 32.3 Å². The van der Waals surface area contributed by atoms with Gasteiger partial charge >= 0.3 is 0 Å². The van der Waals surface area contributed by atoms with Crippen LogP contribution in [0.3, 0.4) is 0 Å². The summed E-state index contributed by atoms with van der Waals surface area (Å²) in [6.07, 6.45) is 2.44. The lowest BCUT2D eigenvalue weighted by molar-refractivity contribution is -0.118. The van der Waals surface area contributed by atoms with Gasteiger partial charge < -0.3 is 11.1 Å². The number of amides is 1. The van der Waals surface area contributed by atoms with Gasteiger partial charge in [0.25, 0.3) is 0 Å². The van der Waals surface area contributed by atoms with Crippen molar-refractivity contribution in [3.63, 3.8) is 0 Å². The van der Waals surface area contributed by atoms with E-state index in [4.69, 9.17) is 5.73 Å². The monoisotopic (exact) mass is 275 g/mol. The molecule has 1 aliphatic rings. The van der Waals surface area contributed by atoms with Crippen molar-refractivity contribution in [2.75, 3.05) is 18.4 Å². The van der Waals surface area contributed by atoms with Crippen molar-refractivity contribution >= 4 is 11.6 Å². The Morgan fingerprint density at radius 3 is 2.90 bits per heavy atom. The van der Waals surface area contributed by atoms with E-state index in [2.05, 4.69) is 24.1 Å². The molecule has 1 aliphatic heterocycles. The maximum absolute atomic E-state index is 12.2. The first-order valence-electron chi connectivity index (χ1n) is 7.43. The van der Waals surface area contributed by atoms with Gasteiger partial charge in [-0.15, -0.1) is 0 Å². The van der Waals surface area contributed by atoms with Crippen LogP contribution >= 0.6 is 0 Å². The molecule has 0 saturated carbocycles. The summed E-state index contributed by atoms with van der Waals surface area (Å²) in [5, 5.41) is 2.98. The minimum absolute atomic E-state index is 0.0480. The topological polar surface area (TPSA) is 58.4 Å². The molecular formula is C16H25N3O. The van der Waals surface area contributed by atoms with Crippen LogP contribution in [-0.2, 0) is 11.3 Å². The van der Waals surface area contributed by atoms with Crippen molar-refractivity contribution in [1.29, 1.82) is 0 Å². The second kappa shape index (κ2) is 6.86. The van der Waals surface area contributed by atoms with Crippen molar-refractivity contribution in [1.82, 2.24) is 4.90 Å². The highest BCUT2D eigenvalue weighted by Gasteiger charge is 2.26. The van der Waals surface area contributed by atoms with Gasteiger partial charge in [-0.2, -0.15) is 0 Å². The first-order valence-corrected chi connectivity index (χ1v) is 7.43. The van der Waals surface area contributed by atoms with Crippen LogP contribution in [0, 0.1) is 5.92 Å². The third kappa shape index (κ3) is 3.58. The zero-order chi connectivity index (χ0) is 14.5. The van der Waals surface area contributed by atoms with Crippen molar-refractivity contribution in [3.8, 4) is 0 Å². The van der Waals surface area contributed by atoms with Crippen LogP contribution in [0.4, 0.5) is 5.69 Å². The molecule has 1 aromatic rings. The number of benzene rings is 1. The van der Waals surface area contributed by atoms with E-state index in [9.17, 15) is 4.79 Å². The average molecular weight is 275 g/mol. The maximum atomic E-state index is 12.2. The minimum Gasteiger partial charge on any atom is -0.326 e. The summed E-state index contributed by atoms with van der Waals surface area (Å²) in [5.74, 6) is 0.708. The standard InChI is InChI=1S/C16H25N3O/c1-12-6-5-9-19(13(12)2)11-16(20)18-15-8-4-3-7-14(15)10-17/h3-4,7-8,12-13H,5-6,9-11,17H2,1-2H3,(H,18,20). The second-order valence-corrected chi connectivity index (χ2v) is 5.74. The van der Waals surface area contributed by atoms with E-state index in [0.29, 0.717) is 25.0 Å². The highest BCUT2D eigenvalue weighted by atomic mass is 16.2. The van der Waals surface area contributed by atoms with Crippen LogP contribution in [0.15, 0.2) is 24.3 Å². The quantitative estimate of drug-likeness (QED) is 0.885. The third-order valence-electron chi connectivity index (χ3n) is 4.36. The van der Waals surface area contributed by atoms with E-state index in [1.807, 2.05) is 24.3 Å². The molecule has 4 heteroatoms. The van der Waals surface area contributed by atoms with Crippen LogP contribution in [0.2, 0.25) is 0 Å². The number of nitrogens with two attached hydrogens (primary N) is 1. The van der Waals surface area contributed by atoms with Crippen LogP contribution in [0.25, 0.3) is 0 Å². The number of para-hydroxylation sites is 1. The number of rotatable bonds is 4. The Hall–Kier alpha value is -1.39. The fraction of sp³-hybridized carbons (Fsp3) is 0.562. The molecule has 20 heavy (non-hydrogen) atoms. The average Bonchev–Trinajstić information content (AvgIpc) is 2.44. The van der Waals surface area contributed by atoms with Gasteiger partial charge in [0.2, 0.25) is 5.91 Å².